The number of halogens is 2. The maximum atomic E-state index is 6.39. The van der Waals surface area contributed by atoms with Crippen molar-refractivity contribution in [1.82, 2.24) is 9.55 Å². The van der Waals surface area contributed by atoms with Crippen LogP contribution >= 0.6 is 23.2 Å². The molecule has 1 heterocycles. The molecule has 1 aliphatic rings. The minimum absolute atomic E-state index is 0.0961. The number of imidazole rings is 1. The van der Waals surface area contributed by atoms with Crippen LogP contribution in [0.1, 0.15) is 63.7 Å². The van der Waals surface area contributed by atoms with E-state index in [0.29, 0.717) is 11.5 Å². The molecule has 0 bridgehead atoms. The molecular weight excluding hydrogens is 303 g/mol. The van der Waals surface area contributed by atoms with Crippen molar-refractivity contribution in [1.29, 1.82) is 0 Å². The van der Waals surface area contributed by atoms with E-state index >= 15 is 0 Å². The predicted molar refractivity (Wildman–Crippen MR) is 90.3 cm³/mol. The van der Waals surface area contributed by atoms with Gasteiger partial charge in [-0.2, -0.15) is 0 Å². The molecule has 21 heavy (non-hydrogen) atoms. The van der Waals surface area contributed by atoms with E-state index in [1.54, 1.807) is 0 Å². The number of fused-ring (bicyclic) bond motifs is 1. The SMILES string of the molecule is CC(Cl)c1nc2cc(Cl)ccc2n1C1CCCC(C)(C)C1. The highest BCUT2D eigenvalue weighted by atomic mass is 35.5. The number of hydrogen-bond acceptors (Lipinski definition) is 1. The molecule has 2 unspecified atom stereocenters. The molecule has 0 aliphatic heterocycles. The minimum Gasteiger partial charge on any atom is -0.324 e. The molecule has 1 saturated carbocycles. The van der Waals surface area contributed by atoms with Gasteiger partial charge in [0.25, 0.3) is 0 Å². The van der Waals surface area contributed by atoms with Crippen LogP contribution in [0.2, 0.25) is 5.02 Å². The van der Waals surface area contributed by atoms with E-state index in [4.69, 9.17) is 28.2 Å². The Hall–Kier alpha value is -0.730. The molecule has 1 fully saturated rings. The second-order valence-corrected chi connectivity index (χ2v) is 8.09. The summed E-state index contributed by atoms with van der Waals surface area (Å²) in [4.78, 5) is 4.74. The Balaban J connectivity index is 2.13. The van der Waals surface area contributed by atoms with Crippen LogP contribution in [0.15, 0.2) is 18.2 Å². The molecule has 1 aliphatic carbocycles. The van der Waals surface area contributed by atoms with Gasteiger partial charge in [-0.05, 0) is 49.8 Å². The van der Waals surface area contributed by atoms with E-state index in [9.17, 15) is 0 Å². The van der Waals surface area contributed by atoms with Gasteiger partial charge in [-0.3, -0.25) is 0 Å². The number of aromatic nitrogens is 2. The molecule has 1 aromatic heterocycles. The van der Waals surface area contributed by atoms with Gasteiger partial charge in [0, 0.05) is 11.1 Å². The highest BCUT2D eigenvalue weighted by Gasteiger charge is 2.31. The maximum absolute atomic E-state index is 6.39. The summed E-state index contributed by atoms with van der Waals surface area (Å²) in [5, 5.41) is 0.631. The van der Waals surface area contributed by atoms with Crippen LogP contribution in [0.5, 0.6) is 0 Å². The van der Waals surface area contributed by atoms with Crippen LogP contribution < -0.4 is 0 Å². The van der Waals surface area contributed by atoms with Crippen molar-refractivity contribution >= 4 is 34.2 Å². The highest BCUT2D eigenvalue weighted by Crippen LogP contribution is 2.43. The van der Waals surface area contributed by atoms with E-state index in [-0.39, 0.29) is 5.38 Å². The van der Waals surface area contributed by atoms with Crippen LogP contribution in [0.4, 0.5) is 0 Å². The number of hydrogen-bond donors (Lipinski definition) is 0. The summed E-state index contributed by atoms with van der Waals surface area (Å²) in [7, 11) is 0. The molecular formula is C17H22Cl2N2. The highest BCUT2D eigenvalue weighted by molar-refractivity contribution is 6.31. The predicted octanol–water partition coefficient (Wildman–Crippen LogP) is 6.13. The standard InChI is InChI=1S/C17H22Cl2N2/c1-11(18)16-20-14-9-12(19)6-7-15(14)21(16)13-5-4-8-17(2,3)10-13/h6-7,9,11,13H,4-5,8,10H2,1-3H3. The zero-order valence-electron chi connectivity index (χ0n) is 12.9. The lowest BCUT2D eigenvalue weighted by Crippen LogP contribution is -2.26. The zero-order valence-corrected chi connectivity index (χ0v) is 14.4. The lowest BCUT2D eigenvalue weighted by Gasteiger charge is -2.37. The Morgan fingerprint density at radius 3 is 2.81 bits per heavy atom. The fourth-order valence-electron chi connectivity index (χ4n) is 3.63. The largest absolute Gasteiger partial charge is 0.324 e. The molecule has 2 nitrogen and oxygen atoms in total. The summed E-state index contributed by atoms with van der Waals surface area (Å²) in [5.74, 6) is 0.969. The Morgan fingerprint density at radius 2 is 2.14 bits per heavy atom. The van der Waals surface area contributed by atoms with Gasteiger partial charge in [-0.1, -0.05) is 31.9 Å². The van der Waals surface area contributed by atoms with Crippen LogP contribution in [0.3, 0.4) is 0 Å². The summed E-state index contributed by atoms with van der Waals surface area (Å²) in [5.41, 5.74) is 2.50. The van der Waals surface area contributed by atoms with Gasteiger partial charge in [0.15, 0.2) is 0 Å². The van der Waals surface area contributed by atoms with Gasteiger partial charge in [-0.15, -0.1) is 11.6 Å². The van der Waals surface area contributed by atoms with Gasteiger partial charge < -0.3 is 4.57 Å². The first-order valence-electron chi connectivity index (χ1n) is 7.69. The molecule has 0 N–H and O–H groups in total. The van der Waals surface area contributed by atoms with Gasteiger partial charge in [0.05, 0.1) is 16.4 Å². The monoisotopic (exact) mass is 324 g/mol. The second kappa shape index (κ2) is 5.48. The number of rotatable bonds is 2. The minimum atomic E-state index is -0.0961. The molecule has 4 heteroatoms. The number of alkyl halides is 1. The van der Waals surface area contributed by atoms with E-state index in [1.807, 2.05) is 19.1 Å². The molecule has 0 radical (unpaired) electrons. The van der Waals surface area contributed by atoms with Gasteiger partial charge in [0.2, 0.25) is 0 Å². The molecule has 0 saturated heterocycles. The zero-order chi connectivity index (χ0) is 15.2. The molecule has 3 rings (SSSR count). The van der Waals surface area contributed by atoms with Gasteiger partial charge in [-0.25, -0.2) is 4.98 Å². The van der Waals surface area contributed by atoms with Crippen molar-refractivity contribution < 1.29 is 0 Å². The molecule has 0 spiro atoms. The normalized spacial score (nSPS) is 23.4. The van der Waals surface area contributed by atoms with Crippen molar-refractivity contribution in [2.75, 3.05) is 0 Å². The molecule has 1 aromatic carbocycles. The van der Waals surface area contributed by atoms with Crippen molar-refractivity contribution in [3.63, 3.8) is 0 Å². The topological polar surface area (TPSA) is 17.8 Å². The second-order valence-electron chi connectivity index (χ2n) is 7.00. The maximum Gasteiger partial charge on any atom is 0.127 e. The van der Waals surface area contributed by atoms with Crippen molar-refractivity contribution in [3.05, 3.63) is 29.0 Å². The Labute approximate surface area is 136 Å². The summed E-state index contributed by atoms with van der Waals surface area (Å²) >= 11 is 12.5. The van der Waals surface area contributed by atoms with Crippen LogP contribution in [0, 0.1) is 5.41 Å². The Bertz CT molecular complexity index is 658. The summed E-state index contributed by atoms with van der Waals surface area (Å²) in [6.45, 7) is 6.72. The van der Waals surface area contributed by atoms with E-state index in [2.05, 4.69) is 24.5 Å². The van der Waals surface area contributed by atoms with Crippen molar-refractivity contribution in [2.45, 2.75) is 57.9 Å². The fraction of sp³-hybridized carbons (Fsp3) is 0.588. The summed E-state index contributed by atoms with van der Waals surface area (Å²) < 4.78 is 2.37. The first kappa shape index (κ1) is 15.2. The third-order valence-corrected chi connectivity index (χ3v) is 5.01. The summed E-state index contributed by atoms with van der Waals surface area (Å²) in [6, 6.07) is 6.44. The summed E-state index contributed by atoms with van der Waals surface area (Å²) in [6.07, 6.45) is 4.95. The average molecular weight is 325 g/mol. The van der Waals surface area contributed by atoms with E-state index in [0.717, 1.165) is 21.9 Å². The molecule has 2 atom stereocenters. The van der Waals surface area contributed by atoms with Crippen molar-refractivity contribution in [2.24, 2.45) is 5.41 Å². The molecule has 0 amide bonds. The quantitative estimate of drug-likeness (QED) is 0.607. The fourth-order valence-corrected chi connectivity index (χ4v) is 3.95. The van der Waals surface area contributed by atoms with E-state index < -0.39 is 0 Å². The van der Waals surface area contributed by atoms with E-state index in [1.165, 1.54) is 25.7 Å². The van der Waals surface area contributed by atoms with Gasteiger partial charge >= 0.3 is 0 Å². The molecule has 114 valence electrons. The lowest BCUT2D eigenvalue weighted by atomic mass is 9.75. The first-order chi connectivity index (χ1) is 9.87. The Morgan fingerprint density at radius 1 is 1.38 bits per heavy atom. The van der Waals surface area contributed by atoms with Crippen LogP contribution in [0.25, 0.3) is 11.0 Å². The third kappa shape index (κ3) is 2.93. The third-order valence-electron chi connectivity index (χ3n) is 4.58. The number of nitrogens with zero attached hydrogens (tertiary/aromatic N) is 2. The smallest absolute Gasteiger partial charge is 0.127 e. The number of benzene rings is 1. The van der Waals surface area contributed by atoms with Crippen molar-refractivity contribution in [3.8, 4) is 0 Å². The van der Waals surface area contributed by atoms with Gasteiger partial charge in [0.1, 0.15) is 5.82 Å². The Kier molecular flexibility index (Phi) is 3.96. The lowest BCUT2D eigenvalue weighted by molar-refractivity contribution is 0.183. The van der Waals surface area contributed by atoms with Crippen LogP contribution in [-0.4, -0.2) is 9.55 Å². The molecule has 2 aromatic rings. The first-order valence-corrected chi connectivity index (χ1v) is 8.50. The van der Waals surface area contributed by atoms with Crippen LogP contribution in [-0.2, 0) is 0 Å². The average Bonchev–Trinajstić information content (AvgIpc) is 2.76.